The molecule has 0 spiro atoms. The number of ether oxygens (including phenoxy) is 1. The molecular formula is C13H19N3O. The molecule has 1 aliphatic heterocycles. The maximum absolute atomic E-state index is 5.75. The predicted octanol–water partition coefficient (Wildman–Crippen LogP) is 1.65. The lowest BCUT2D eigenvalue weighted by Gasteiger charge is -2.31. The molecule has 4 heteroatoms. The van der Waals surface area contributed by atoms with Crippen LogP contribution in [-0.4, -0.2) is 41.1 Å². The van der Waals surface area contributed by atoms with Crippen LogP contribution < -0.4 is 0 Å². The highest BCUT2D eigenvalue weighted by molar-refractivity contribution is 5.10. The van der Waals surface area contributed by atoms with E-state index in [0.717, 1.165) is 43.5 Å². The van der Waals surface area contributed by atoms with Crippen molar-refractivity contribution >= 4 is 0 Å². The number of hydrogen-bond acceptors (Lipinski definition) is 4. The molecule has 0 bridgehead atoms. The second kappa shape index (κ2) is 5.38. The number of aryl methyl sites for hydroxylation is 2. The first-order chi connectivity index (χ1) is 8.19. The number of morpholine rings is 1. The molecule has 2 rings (SSSR count). The molecule has 1 aromatic heterocycles. The van der Waals surface area contributed by atoms with Gasteiger partial charge in [-0.1, -0.05) is 6.08 Å². The van der Waals surface area contributed by atoms with Crippen LogP contribution in [0.25, 0.3) is 0 Å². The normalized spacial score (nSPS) is 21.4. The topological polar surface area (TPSA) is 38.2 Å². The molecule has 1 aliphatic rings. The Morgan fingerprint density at radius 3 is 2.82 bits per heavy atom. The van der Waals surface area contributed by atoms with E-state index in [2.05, 4.69) is 21.4 Å². The molecule has 0 amide bonds. The Morgan fingerprint density at radius 1 is 1.47 bits per heavy atom. The maximum atomic E-state index is 5.75. The van der Waals surface area contributed by atoms with Gasteiger partial charge < -0.3 is 4.74 Å². The van der Waals surface area contributed by atoms with Crippen molar-refractivity contribution in [2.24, 2.45) is 0 Å². The van der Waals surface area contributed by atoms with Gasteiger partial charge >= 0.3 is 0 Å². The Labute approximate surface area is 102 Å². The molecule has 4 nitrogen and oxygen atoms in total. The van der Waals surface area contributed by atoms with Gasteiger partial charge in [0.2, 0.25) is 0 Å². The summed E-state index contributed by atoms with van der Waals surface area (Å²) in [7, 11) is 0. The SMILES string of the molecule is C=CCN1CCOC(c2nc(C)cc(C)n2)C1. The van der Waals surface area contributed by atoms with Gasteiger partial charge in [-0.2, -0.15) is 0 Å². The van der Waals surface area contributed by atoms with E-state index in [-0.39, 0.29) is 6.10 Å². The molecular weight excluding hydrogens is 214 g/mol. The average molecular weight is 233 g/mol. The monoisotopic (exact) mass is 233 g/mol. The first-order valence-corrected chi connectivity index (χ1v) is 5.96. The molecule has 92 valence electrons. The predicted molar refractivity (Wildman–Crippen MR) is 66.8 cm³/mol. The Bertz CT molecular complexity index is 385. The highest BCUT2D eigenvalue weighted by Gasteiger charge is 2.23. The minimum Gasteiger partial charge on any atom is -0.368 e. The van der Waals surface area contributed by atoms with E-state index in [0.29, 0.717) is 0 Å². The highest BCUT2D eigenvalue weighted by atomic mass is 16.5. The lowest BCUT2D eigenvalue weighted by Crippen LogP contribution is -2.39. The molecule has 2 heterocycles. The second-order valence-electron chi connectivity index (χ2n) is 4.42. The van der Waals surface area contributed by atoms with Crippen molar-refractivity contribution in [3.05, 3.63) is 35.9 Å². The van der Waals surface area contributed by atoms with E-state index in [4.69, 9.17) is 4.74 Å². The van der Waals surface area contributed by atoms with Crippen molar-refractivity contribution in [1.82, 2.24) is 14.9 Å². The summed E-state index contributed by atoms with van der Waals surface area (Å²) in [6.45, 7) is 11.2. The van der Waals surface area contributed by atoms with Gasteiger partial charge in [-0.3, -0.25) is 4.90 Å². The van der Waals surface area contributed by atoms with E-state index in [1.54, 1.807) is 0 Å². The summed E-state index contributed by atoms with van der Waals surface area (Å²) in [5.74, 6) is 0.802. The van der Waals surface area contributed by atoms with Crippen LogP contribution in [-0.2, 0) is 4.74 Å². The second-order valence-corrected chi connectivity index (χ2v) is 4.42. The van der Waals surface area contributed by atoms with Gasteiger partial charge in [-0.25, -0.2) is 9.97 Å². The summed E-state index contributed by atoms with van der Waals surface area (Å²) in [4.78, 5) is 11.2. The Kier molecular flexibility index (Phi) is 3.86. The number of nitrogens with zero attached hydrogens (tertiary/aromatic N) is 3. The van der Waals surface area contributed by atoms with Crippen LogP contribution in [0.15, 0.2) is 18.7 Å². The molecule has 0 saturated carbocycles. The van der Waals surface area contributed by atoms with Crippen molar-refractivity contribution in [2.45, 2.75) is 20.0 Å². The zero-order chi connectivity index (χ0) is 12.3. The van der Waals surface area contributed by atoms with E-state index < -0.39 is 0 Å². The Balaban J connectivity index is 2.12. The standard InChI is InChI=1S/C13H19N3O/c1-4-5-16-6-7-17-12(9-16)13-14-10(2)8-11(3)15-13/h4,8,12H,1,5-7,9H2,2-3H3. The molecule has 0 N–H and O–H groups in total. The van der Waals surface area contributed by atoms with Crippen molar-refractivity contribution < 1.29 is 4.74 Å². The van der Waals surface area contributed by atoms with Gasteiger partial charge in [0, 0.05) is 31.0 Å². The van der Waals surface area contributed by atoms with Crippen molar-refractivity contribution in [1.29, 1.82) is 0 Å². The van der Waals surface area contributed by atoms with Crippen LogP contribution in [0.4, 0.5) is 0 Å². The van der Waals surface area contributed by atoms with E-state index in [9.17, 15) is 0 Å². The molecule has 0 aliphatic carbocycles. The van der Waals surface area contributed by atoms with E-state index >= 15 is 0 Å². The van der Waals surface area contributed by atoms with Crippen LogP contribution in [0.1, 0.15) is 23.3 Å². The van der Waals surface area contributed by atoms with Crippen LogP contribution in [0.5, 0.6) is 0 Å². The van der Waals surface area contributed by atoms with Gasteiger partial charge in [0.15, 0.2) is 5.82 Å². The van der Waals surface area contributed by atoms with Crippen molar-refractivity contribution in [3.63, 3.8) is 0 Å². The van der Waals surface area contributed by atoms with E-state index in [1.165, 1.54) is 0 Å². The van der Waals surface area contributed by atoms with Gasteiger partial charge in [-0.15, -0.1) is 6.58 Å². The quantitative estimate of drug-likeness (QED) is 0.744. The third kappa shape index (κ3) is 3.11. The van der Waals surface area contributed by atoms with Gasteiger partial charge in [0.1, 0.15) is 6.10 Å². The molecule has 0 aromatic carbocycles. The first-order valence-electron chi connectivity index (χ1n) is 5.96. The number of aromatic nitrogens is 2. The molecule has 1 atom stereocenters. The highest BCUT2D eigenvalue weighted by Crippen LogP contribution is 2.19. The van der Waals surface area contributed by atoms with Crippen molar-refractivity contribution in [2.75, 3.05) is 26.2 Å². The van der Waals surface area contributed by atoms with Crippen LogP contribution in [0.2, 0.25) is 0 Å². The molecule has 1 aromatic rings. The summed E-state index contributed by atoms with van der Waals surface area (Å²) in [5, 5.41) is 0. The lowest BCUT2D eigenvalue weighted by atomic mass is 10.2. The Morgan fingerprint density at radius 2 is 2.18 bits per heavy atom. The van der Waals surface area contributed by atoms with Crippen molar-refractivity contribution in [3.8, 4) is 0 Å². The fraction of sp³-hybridized carbons (Fsp3) is 0.538. The third-order valence-corrected chi connectivity index (χ3v) is 2.83. The fourth-order valence-electron chi connectivity index (χ4n) is 2.10. The van der Waals surface area contributed by atoms with Crippen LogP contribution in [0.3, 0.4) is 0 Å². The van der Waals surface area contributed by atoms with Gasteiger partial charge in [-0.05, 0) is 19.9 Å². The lowest BCUT2D eigenvalue weighted by molar-refractivity contribution is -0.0306. The van der Waals surface area contributed by atoms with Gasteiger partial charge in [0.25, 0.3) is 0 Å². The molecule has 1 fully saturated rings. The molecule has 1 saturated heterocycles. The van der Waals surface area contributed by atoms with Crippen LogP contribution in [0, 0.1) is 13.8 Å². The van der Waals surface area contributed by atoms with E-state index in [1.807, 2.05) is 26.0 Å². The maximum Gasteiger partial charge on any atom is 0.158 e. The Hall–Kier alpha value is -1.26. The summed E-state index contributed by atoms with van der Waals surface area (Å²) >= 11 is 0. The summed E-state index contributed by atoms with van der Waals surface area (Å²) in [6.07, 6.45) is 1.91. The molecule has 1 unspecified atom stereocenters. The number of rotatable bonds is 3. The minimum absolute atomic E-state index is 0.0118. The summed E-state index contributed by atoms with van der Waals surface area (Å²) in [6, 6.07) is 1.98. The smallest absolute Gasteiger partial charge is 0.158 e. The summed E-state index contributed by atoms with van der Waals surface area (Å²) in [5.41, 5.74) is 1.99. The average Bonchev–Trinajstić information content (AvgIpc) is 2.28. The summed E-state index contributed by atoms with van der Waals surface area (Å²) < 4.78 is 5.75. The number of hydrogen-bond donors (Lipinski definition) is 0. The largest absolute Gasteiger partial charge is 0.368 e. The van der Waals surface area contributed by atoms with Gasteiger partial charge in [0.05, 0.1) is 6.61 Å². The zero-order valence-electron chi connectivity index (χ0n) is 10.5. The molecule has 0 radical (unpaired) electrons. The zero-order valence-corrected chi connectivity index (χ0v) is 10.5. The fourth-order valence-corrected chi connectivity index (χ4v) is 2.10. The minimum atomic E-state index is -0.0118. The van der Waals surface area contributed by atoms with Crippen LogP contribution >= 0.6 is 0 Å². The molecule has 17 heavy (non-hydrogen) atoms. The first kappa shape index (κ1) is 12.2. The third-order valence-electron chi connectivity index (χ3n) is 2.83.